The Morgan fingerprint density at radius 3 is 2.78 bits per heavy atom. The van der Waals surface area contributed by atoms with Gasteiger partial charge in [-0.15, -0.1) is 5.10 Å². The summed E-state index contributed by atoms with van der Waals surface area (Å²) in [6.45, 7) is 4.09. The van der Waals surface area contributed by atoms with Crippen molar-refractivity contribution in [2.75, 3.05) is 0 Å². The van der Waals surface area contributed by atoms with Crippen LogP contribution in [0.5, 0.6) is 0 Å². The van der Waals surface area contributed by atoms with Crippen molar-refractivity contribution < 1.29 is 5.11 Å². The van der Waals surface area contributed by atoms with E-state index < -0.39 is 6.10 Å². The first kappa shape index (κ1) is 13.6. The molecule has 0 amide bonds. The van der Waals surface area contributed by atoms with Crippen molar-refractivity contribution in [2.24, 2.45) is 0 Å². The maximum Gasteiger partial charge on any atom is 0.0972 e. The van der Waals surface area contributed by atoms with Crippen LogP contribution in [0, 0.1) is 0 Å². The Balaban J connectivity index is 2.14. The largest absolute Gasteiger partial charge is 0.387 e. The van der Waals surface area contributed by atoms with Crippen molar-refractivity contribution in [1.82, 2.24) is 14.6 Å². The summed E-state index contributed by atoms with van der Waals surface area (Å²) in [4.78, 5) is 5.10. The molecule has 1 N–H and O–H groups in total. The lowest BCUT2D eigenvalue weighted by Gasteiger charge is -2.10. The van der Waals surface area contributed by atoms with Crippen LogP contribution < -0.4 is 0 Å². The molecule has 2 heterocycles. The van der Waals surface area contributed by atoms with Gasteiger partial charge in [-0.25, -0.2) is 0 Å². The van der Waals surface area contributed by atoms with Crippen LogP contribution in [0.25, 0.3) is 0 Å². The first-order valence-corrected chi connectivity index (χ1v) is 7.25. The van der Waals surface area contributed by atoms with Gasteiger partial charge < -0.3 is 5.11 Å². The van der Waals surface area contributed by atoms with Gasteiger partial charge in [0, 0.05) is 22.8 Å². The molecule has 0 aliphatic heterocycles. The Kier molecular flexibility index (Phi) is 4.42. The Hall–Kier alpha value is -0.850. The van der Waals surface area contributed by atoms with Gasteiger partial charge in [-0.3, -0.25) is 4.98 Å². The second kappa shape index (κ2) is 5.86. The SMILES string of the molecule is CC(C)c1nnsc1C(O)Cc1ccc(Br)cn1. The summed E-state index contributed by atoms with van der Waals surface area (Å²) in [7, 11) is 0. The second-order valence-electron chi connectivity index (χ2n) is 4.36. The van der Waals surface area contributed by atoms with Crippen LogP contribution in [0.2, 0.25) is 0 Å². The molecule has 0 radical (unpaired) electrons. The van der Waals surface area contributed by atoms with E-state index in [1.54, 1.807) is 6.20 Å². The average molecular weight is 328 g/mol. The third-order valence-corrected chi connectivity index (χ3v) is 3.89. The molecule has 0 saturated carbocycles. The summed E-state index contributed by atoms with van der Waals surface area (Å²) in [5.74, 6) is 0.270. The molecule has 2 rings (SSSR count). The van der Waals surface area contributed by atoms with Crippen molar-refractivity contribution in [2.45, 2.75) is 32.3 Å². The number of aliphatic hydroxyl groups excluding tert-OH is 1. The highest BCUT2D eigenvalue weighted by Gasteiger charge is 2.19. The van der Waals surface area contributed by atoms with Gasteiger partial charge in [-0.2, -0.15) is 0 Å². The number of halogens is 1. The average Bonchev–Trinajstić information content (AvgIpc) is 2.81. The van der Waals surface area contributed by atoms with Gasteiger partial charge in [-0.1, -0.05) is 18.3 Å². The van der Waals surface area contributed by atoms with Gasteiger partial charge in [-0.05, 0) is 45.5 Å². The Labute approximate surface area is 118 Å². The fourth-order valence-corrected chi connectivity index (χ4v) is 2.68. The van der Waals surface area contributed by atoms with Gasteiger partial charge in [0.15, 0.2) is 0 Å². The van der Waals surface area contributed by atoms with Gasteiger partial charge in [0.05, 0.1) is 16.7 Å². The van der Waals surface area contributed by atoms with Crippen molar-refractivity contribution >= 4 is 27.5 Å². The van der Waals surface area contributed by atoms with E-state index in [4.69, 9.17) is 0 Å². The molecule has 18 heavy (non-hydrogen) atoms. The minimum atomic E-state index is -0.587. The Bertz CT molecular complexity index is 512. The molecule has 96 valence electrons. The summed E-state index contributed by atoms with van der Waals surface area (Å²) < 4.78 is 4.86. The van der Waals surface area contributed by atoms with E-state index in [9.17, 15) is 5.11 Å². The molecule has 0 aliphatic carbocycles. The van der Waals surface area contributed by atoms with Gasteiger partial charge in [0.1, 0.15) is 0 Å². The third-order valence-electron chi connectivity index (χ3n) is 2.58. The molecule has 0 aliphatic rings. The predicted molar refractivity (Wildman–Crippen MR) is 74.6 cm³/mol. The van der Waals surface area contributed by atoms with E-state index in [2.05, 4.69) is 30.5 Å². The van der Waals surface area contributed by atoms with E-state index in [0.717, 1.165) is 20.7 Å². The molecule has 2 aromatic rings. The van der Waals surface area contributed by atoms with Crippen molar-refractivity contribution in [3.63, 3.8) is 0 Å². The molecule has 0 bridgehead atoms. The number of pyridine rings is 1. The fraction of sp³-hybridized carbons (Fsp3) is 0.417. The standard InChI is InChI=1S/C12H14BrN3OS/c1-7(2)11-12(18-16-15-11)10(17)5-9-4-3-8(13)6-14-9/h3-4,6-7,10,17H,5H2,1-2H3. The molecule has 2 aromatic heterocycles. The zero-order chi connectivity index (χ0) is 13.1. The molecular formula is C12H14BrN3OS. The molecule has 1 atom stereocenters. The lowest BCUT2D eigenvalue weighted by Crippen LogP contribution is -2.05. The topological polar surface area (TPSA) is 58.9 Å². The quantitative estimate of drug-likeness (QED) is 0.937. The molecule has 4 nitrogen and oxygen atoms in total. The van der Waals surface area contributed by atoms with Gasteiger partial charge >= 0.3 is 0 Å². The summed E-state index contributed by atoms with van der Waals surface area (Å²) in [5, 5.41) is 14.3. The monoisotopic (exact) mass is 327 g/mol. The normalized spacial score (nSPS) is 12.9. The van der Waals surface area contributed by atoms with Crippen molar-refractivity contribution in [3.05, 3.63) is 39.1 Å². The predicted octanol–water partition coefficient (Wildman–Crippen LogP) is 3.10. The van der Waals surface area contributed by atoms with Crippen LogP contribution in [0.1, 0.15) is 42.1 Å². The lowest BCUT2D eigenvalue weighted by molar-refractivity contribution is 0.179. The zero-order valence-electron chi connectivity index (χ0n) is 10.2. The van der Waals surface area contributed by atoms with E-state index in [1.165, 1.54) is 11.5 Å². The minimum Gasteiger partial charge on any atom is -0.387 e. The summed E-state index contributed by atoms with van der Waals surface area (Å²) >= 11 is 4.60. The van der Waals surface area contributed by atoms with E-state index >= 15 is 0 Å². The molecule has 0 spiro atoms. The zero-order valence-corrected chi connectivity index (χ0v) is 12.6. The molecular weight excluding hydrogens is 314 g/mol. The highest BCUT2D eigenvalue weighted by atomic mass is 79.9. The number of hydrogen-bond acceptors (Lipinski definition) is 5. The fourth-order valence-electron chi connectivity index (χ4n) is 1.65. The van der Waals surface area contributed by atoms with Crippen LogP contribution in [-0.2, 0) is 6.42 Å². The van der Waals surface area contributed by atoms with Crippen LogP contribution in [0.15, 0.2) is 22.8 Å². The van der Waals surface area contributed by atoms with Crippen LogP contribution >= 0.6 is 27.5 Å². The molecule has 0 saturated heterocycles. The second-order valence-corrected chi connectivity index (χ2v) is 6.07. The smallest absolute Gasteiger partial charge is 0.0972 e. The number of nitrogens with zero attached hydrogens (tertiary/aromatic N) is 3. The summed E-state index contributed by atoms with van der Waals surface area (Å²) in [5.41, 5.74) is 1.73. The maximum absolute atomic E-state index is 10.2. The number of aliphatic hydroxyl groups is 1. The minimum absolute atomic E-state index is 0.270. The third kappa shape index (κ3) is 3.13. The number of aromatic nitrogens is 3. The first-order valence-electron chi connectivity index (χ1n) is 5.68. The van der Waals surface area contributed by atoms with Crippen LogP contribution in [0.3, 0.4) is 0 Å². The molecule has 6 heteroatoms. The van der Waals surface area contributed by atoms with E-state index in [1.807, 2.05) is 26.0 Å². The first-order chi connectivity index (χ1) is 8.58. The molecule has 0 aromatic carbocycles. The van der Waals surface area contributed by atoms with Crippen molar-refractivity contribution in [1.29, 1.82) is 0 Å². The van der Waals surface area contributed by atoms with Gasteiger partial charge in [0.25, 0.3) is 0 Å². The molecule has 0 fully saturated rings. The van der Waals surface area contributed by atoms with Crippen LogP contribution in [0.4, 0.5) is 0 Å². The van der Waals surface area contributed by atoms with Crippen LogP contribution in [-0.4, -0.2) is 19.7 Å². The summed E-state index contributed by atoms with van der Waals surface area (Å²) in [6.07, 6.45) is 1.63. The maximum atomic E-state index is 10.2. The number of hydrogen-bond donors (Lipinski definition) is 1. The lowest BCUT2D eigenvalue weighted by atomic mass is 10.0. The summed E-state index contributed by atoms with van der Waals surface area (Å²) in [6, 6.07) is 3.82. The van der Waals surface area contributed by atoms with E-state index in [0.29, 0.717) is 6.42 Å². The Morgan fingerprint density at radius 1 is 1.39 bits per heavy atom. The molecule has 1 unspecified atom stereocenters. The number of rotatable bonds is 4. The van der Waals surface area contributed by atoms with E-state index in [-0.39, 0.29) is 5.92 Å². The highest BCUT2D eigenvalue weighted by molar-refractivity contribution is 9.10. The highest BCUT2D eigenvalue weighted by Crippen LogP contribution is 2.28. The van der Waals surface area contributed by atoms with Crippen molar-refractivity contribution in [3.8, 4) is 0 Å². The Morgan fingerprint density at radius 2 is 2.17 bits per heavy atom. The van der Waals surface area contributed by atoms with Gasteiger partial charge in [0.2, 0.25) is 0 Å².